The maximum atomic E-state index is 12.9. The Kier molecular flexibility index (Phi) is 6.41. The van der Waals surface area contributed by atoms with E-state index in [1.807, 2.05) is 0 Å². The van der Waals surface area contributed by atoms with Crippen molar-refractivity contribution in [3.63, 3.8) is 0 Å². The van der Waals surface area contributed by atoms with Gasteiger partial charge in [-0.1, -0.05) is 23.4 Å². The van der Waals surface area contributed by atoms with Crippen LogP contribution in [0.5, 0.6) is 5.75 Å². The number of halogens is 2. The van der Waals surface area contributed by atoms with Gasteiger partial charge in [0.15, 0.2) is 5.69 Å². The molecule has 0 fully saturated rings. The first kappa shape index (κ1) is 22.1. The molecule has 0 aliphatic carbocycles. The van der Waals surface area contributed by atoms with Gasteiger partial charge in [0.25, 0.3) is 11.8 Å². The number of para-hydroxylation sites is 2. The molecule has 0 radical (unpaired) electrons. The van der Waals surface area contributed by atoms with E-state index in [1.165, 1.54) is 40.3 Å². The zero-order valence-corrected chi connectivity index (χ0v) is 18.0. The monoisotopic (exact) mass is 469 g/mol. The molecule has 0 bridgehead atoms. The van der Waals surface area contributed by atoms with Crippen LogP contribution in [0.4, 0.5) is 20.2 Å². The van der Waals surface area contributed by atoms with Crippen LogP contribution in [0.1, 0.15) is 25.9 Å². The van der Waals surface area contributed by atoms with Crippen molar-refractivity contribution in [1.29, 1.82) is 0 Å². The smallest absolute Gasteiger partial charge is 0.387 e. The summed E-state index contributed by atoms with van der Waals surface area (Å²) in [4.78, 5) is 25.8. The first-order valence-electron chi connectivity index (χ1n) is 9.65. The lowest BCUT2D eigenvalue weighted by Crippen LogP contribution is -2.17. The fourth-order valence-corrected chi connectivity index (χ4v) is 3.65. The van der Waals surface area contributed by atoms with E-state index in [1.54, 1.807) is 48.7 Å². The molecule has 0 aliphatic heterocycles. The van der Waals surface area contributed by atoms with Crippen molar-refractivity contribution < 1.29 is 23.1 Å². The van der Waals surface area contributed by atoms with Gasteiger partial charge in [0.2, 0.25) is 0 Å². The number of carbonyl (C=O) groups excluding carboxylic acids is 2. The molecule has 11 heteroatoms. The third-order valence-corrected chi connectivity index (χ3v) is 5.45. The fraction of sp³-hybridized carbons (Fsp3) is 0.0909. The van der Waals surface area contributed by atoms with Gasteiger partial charge >= 0.3 is 6.61 Å². The Morgan fingerprint density at radius 3 is 2.24 bits per heavy atom. The maximum absolute atomic E-state index is 12.9. The summed E-state index contributed by atoms with van der Waals surface area (Å²) in [5.41, 5.74) is 1.86. The first-order valence-corrected chi connectivity index (χ1v) is 10.5. The van der Waals surface area contributed by atoms with Gasteiger partial charge < -0.3 is 15.4 Å². The Balaban J connectivity index is 1.51. The van der Waals surface area contributed by atoms with Crippen molar-refractivity contribution in [3.05, 3.63) is 82.3 Å². The molecule has 4 aromatic rings. The van der Waals surface area contributed by atoms with Crippen LogP contribution in [-0.2, 0) is 0 Å². The molecule has 33 heavy (non-hydrogen) atoms. The lowest BCUT2D eigenvalue weighted by Gasteiger charge is -2.11. The number of aromatic nitrogens is 3. The minimum atomic E-state index is -2.92. The number of hydrogen-bond acceptors (Lipinski definition) is 6. The highest BCUT2D eigenvalue weighted by Crippen LogP contribution is 2.24. The predicted molar refractivity (Wildman–Crippen MR) is 119 cm³/mol. The SMILES string of the molecule is Cc1c(C(=O)Nc2ccccc2NC(=O)c2cccs2)nnn1-c1ccc(OC(F)F)cc1. The number of thiophene rings is 1. The van der Waals surface area contributed by atoms with Crippen LogP contribution >= 0.6 is 11.3 Å². The van der Waals surface area contributed by atoms with E-state index in [-0.39, 0.29) is 17.4 Å². The van der Waals surface area contributed by atoms with Gasteiger partial charge in [-0.15, -0.1) is 16.4 Å². The number of ether oxygens (including phenoxy) is 1. The summed E-state index contributed by atoms with van der Waals surface area (Å²) < 4.78 is 30.4. The van der Waals surface area contributed by atoms with Crippen LogP contribution in [0.25, 0.3) is 5.69 Å². The highest BCUT2D eigenvalue weighted by atomic mass is 32.1. The van der Waals surface area contributed by atoms with Crippen molar-refractivity contribution in [2.75, 3.05) is 10.6 Å². The standard InChI is InChI=1S/C22H17F2N5O3S/c1-13-19(27-28-29(13)14-8-10-15(11-9-14)32-22(23)24)21(31)26-17-6-3-2-5-16(17)25-20(30)18-7-4-12-33-18/h2-12,22H,1H3,(H,25,30)(H,26,31). The lowest BCUT2D eigenvalue weighted by atomic mass is 10.2. The number of anilines is 2. The van der Waals surface area contributed by atoms with E-state index < -0.39 is 12.5 Å². The molecule has 2 amide bonds. The minimum absolute atomic E-state index is 0.00527. The molecule has 0 unspecified atom stereocenters. The molecule has 2 N–H and O–H groups in total. The fourth-order valence-electron chi connectivity index (χ4n) is 3.03. The van der Waals surface area contributed by atoms with Gasteiger partial charge in [0, 0.05) is 0 Å². The summed E-state index contributed by atoms with van der Waals surface area (Å²) in [6, 6.07) is 16.1. The van der Waals surface area contributed by atoms with Crippen molar-refractivity contribution >= 4 is 34.5 Å². The molecule has 0 atom stereocenters. The second kappa shape index (κ2) is 9.57. The van der Waals surface area contributed by atoms with Crippen molar-refractivity contribution in [3.8, 4) is 11.4 Å². The molecule has 168 valence electrons. The molecule has 0 aliphatic rings. The topological polar surface area (TPSA) is 98.1 Å². The van der Waals surface area contributed by atoms with Gasteiger partial charge in [0.1, 0.15) is 5.75 Å². The molecule has 4 rings (SSSR count). The molecule has 2 aromatic carbocycles. The average molecular weight is 469 g/mol. The third-order valence-electron chi connectivity index (χ3n) is 4.58. The van der Waals surface area contributed by atoms with Crippen molar-refractivity contribution in [2.45, 2.75) is 13.5 Å². The lowest BCUT2D eigenvalue weighted by molar-refractivity contribution is -0.0498. The third kappa shape index (κ3) is 5.04. The Morgan fingerprint density at radius 1 is 0.970 bits per heavy atom. The van der Waals surface area contributed by atoms with Crippen molar-refractivity contribution in [2.24, 2.45) is 0 Å². The molecule has 8 nitrogen and oxygen atoms in total. The number of amides is 2. The summed E-state index contributed by atoms with van der Waals surface area (Å²) in [6.07, 6.45) is 0. The van der Waals surface area contributed by atoms with E-state index >= 15 is 0 Å². The van der Waals surface area contributed by atoms with Crippen LogP contribution in [0, 0.1) is 6.92 Å². The highest BCUT2D eigenvalue weighted by Gasteiger charge is 2.19. The number of rotatable bonds is 7. The van der Waals surface area contributed by atoms with Crippen LogP contribution < -0.4 is 15.4 Å². The zero-order chi connectivity index (χ0) is 23.4. The molecule has 0 spiro atoms. The molecule has 2 aromatic heterocycles. The second-order valence-corrected chi connectivity index (χ2v) is 7.69. The number of nitrogens with zero attached hydrogens (tertiary/aromatic N) is 3. The first-order chi connectivity index (χ1) is 15.9. The number of alkyl halides is 2. The van der Waals surface area contributed by atoms with E-state index in [9.17, 15) is 18.4 Å². The molecule has 0 saturated heterocycles. The molecular weight excluding hydrogens is 452 g/mol. The van der Waals surface area contributed by atoms with Gasteiger partial charge in [-0.25, -0.2) is 4.68 Å². The van der Waals surface area contributed by atoms with Gasteiger partial charge in [-0.3, -0.25) is 9.59 Å². The Hall–Kier alpha value is -4.12. The van der Waals surface area contributed by atoms with E-state index in [2.05, 4.69) is 25.7 Å². The quantitative estimate of drug-likeness (QED) is 0.407. The van der Waals surface area contributed by atoms with Gasteiger partial charge in [-0.2, -0.15) is 8.78 Å². The molecule has 2 heterocycles. The second-order valence-electron chi connectivity index (χ2n) is 6.74. The molecular formula is C22H17F2N5O3S. The van der Waals surface area contributed by atoms with Crippen LogP contribution in [0.2, 0.25) is 0 Å². The van der Waals surface area contributed by atoms with Crippen LogP contribution in [0.3, 0.4) is 0 Å². The van der Waals surface area contributed by atoms with Crippen molar-refractivity contribution in [1.82, 2.24) is 15.0 Å². The van der Waals surface area contributed by atoms with Gasteiger partial charge in [0.05, 0.1) is 27.6 Å². The van der Waals surface area contributed by atoms with E-state index in [0.29, 0.717) is 27.6 Å². The largest absolute Gasteiger partial charge is 0.435 e. The summed E-state index contributed by atoms with van der Waals surface area (Å²) in [5.74, 6) is -0.798. The number of carbonyl (C=O) groups is 2. The van der Waals surface area contributed by atoms with E-state index in [0.717, 1.165) is 0 Å². The minimum Gasteiger partial charge on any atom is -0.435 e. The Bertz CT molecular complexity index is 1270. The maximum Gasteiger partial charge on any atom is 0.387 e. The Morgan fingerprint density at radius 2 is 1.64 bits per heavy atom. The number of benzene rings is 2. The number of hydrogen-bond donors (Lipinski definition) is 2. The summed E-state index contributed by atoms with van der Waals surface area (Å²) in [6.45, 7) is -1.26. The normalized spacial score (nSPS) is 10.8. The van der Waals surface area contributed by atoms with Gasteiger partial charge in [-0.05, 0) is 54.8 Å². The molecule has 0 saturated carbocycles. The highest BCUT2D eigenvalue weighted by molar-refractivity contribution is 7.12. The van der Waals surface area contributed by atoms with Crippen LogP contribution in [-0.4, -0.2) is 33.4 Å². The summed E-state index contributed by atoms with van der Waals surface area (Å²) in [5, 5.41) is 15.3. The summed E-state index contributed by atoms with van der Waals surface area (Å²) >= 11 is 1.31. The summed E-state index contributed by atoms with van der Waals surface area (Å²) in [7, 11) is 0. The Labute approximate surface area is 190 Å². The van der Waals surface area contributed by atoms with E-state index in [4.69, 9.17) is 0 Å². The number of nitrogens with one attached hydrogen (secondary N) is 2. The predicted octanol–water partition coefficient (Wildman–Crippen LogP) is 4.74. The van der Waals surface area contributed by atoms with Crippen LogP contribution in [0.15, 0.2) is 66.0 Å². The zero-order valence-electron chi connectivity index (χ0n) is 17.2. The average Bonchev–Trinajstić information content (AvgIpc) is 3.45.